The van der Waals surface area contributed by atoms with Gasteiger partial charge in [0.05, 0.1) is 24.5 Å². The zero-order chi connectivity index (χ0) is 24.4. The molecule has 0 radical (unpaired) electrons. The molecular weight excluding hydrogens is 628 g/mol. The van der Waals surface area contributed by atoms with Gasteiger partial charge < -0.3 is 4.74 Å². The van der Waals surface area contributed by atoms with Gasteiger partial charge in [0.1, 0.15) is 12.4 Å². The van der Waals surface area contributed by atoms with Gasteiger partial charge in [-0.15, -0.1) is 0 Å². The highest BCUT2D eigenvalue weighted by atomic mass is 79.9. The van der Waals surface area contributed by atoms with Crippen LogP contribution in [0.4, 0.5) is 11.4 Å². The Hall–Kier alpha value is -2.24. The maximum absolute atomic E-state index is 13.0. The van der Waals surface area contributed by atoms with E-state index >= 15 is 0 Å². The number of thiocarbonyl (C=S) groups is 1. The highest BCUT2D eigenvalue weighted by molar-refractivity contribution is 9.11. The summed E-state index contributed by atoms with van der Waals surface area (Å²) in [5, 5.41) is 11.7. The standard InChI is InChI=1S/C23H13Br2ClN2O4S2/c24-17-8-13(9-18(25)21(17)32-12-14-4-1-2-7-19(14)26)10-20-22(29)27(23(33)34-20)15-5-3-6-16(11-15)28(30)31/h1-11H,12H2/b20-10-. The van der Waals surface area contributed by atoms with Crippen molar-refractivity contribution in [1.29, 1.82) is 0 Å². The molecule has 3 aromatic carbocycles. The summed E-state index contributed by atoms with van der Waals surface area (Å²) in [6, 6.07) is 16.9. The first-order valence-corrected chi connectivity index (χ1v) is 12.8. The van der Waals surface area contributed by atoms with Crippen LogP contribution in [0.15, 0.2) is 74.5 Å². The number of benzene rings is 3. The Morgan fingerprint density at radius 3 is 2.50 bits per heavy atom. The highest BCUT2D eigenvalue weighted by Crippen LogP contribution is 2.40. The van der Waals surface area contributed by atoms with Crippen molar-refractivity contribution in [3.05, 3.63) is 101 Å². The van der Waals surface area contributed by atoms with Gasteiger partial charge in [-0.05, 0) is 67.8 Å². The largest absolute Gasteiger partial charge is 0.486 e. The molecule has 1 heterocycles. The smallest absolute Gasteiger partial charge is 0.271 e. The van der Waals surface area contributed by atoms with Crippen molar-refractivity contribution in [3.8, 4) is 5.75 Å². The van der Waals surface area contributed by atoms with Crippen molar-refractivity contribution in [2.45, 2.75) is 6.61 Å². The summed E-state index contributed by atoms with van der Waals surface area (Å²) >= 11 is 19.8. The van der Waals surface area contributed by atoms with Crippen LogP contribution >= 0.6 is 67.4 Å². The molecule has 0 atom stereocenters. The summed E-state index contributed by atoms with van der Waals surface area (Å²) in [6.07, 6.45) is 1.71. The predicted octanol–water partition coefficient (Wildman–Crippen LogP) is 7.76. The first-order valence-electron chi connectivity index (χ1n) is 9.62. The molecule has 6 nitrogen and oxygen atoms in total. The maximum Gasteiger partial charge on any atom is 0.271 e. The van der Waals surface area contributed by atoms with Crippen LogP contribution in [-0.4, -0.2) is 15.2 Å². The van der Waals surface area contributed by atoms with Crippen LogP contribution < -0.4 is 9.64 Å². The average molecular weight is 641 g/mol. The number of hydrogen-bond acceptors (Lipinski definition) is 6. The van der Waals surface area contributed by atoms with E-state index in [1.165, 1.54) is 23.1 Å². The topological polar surface area (TPSA) is 72.7 Å². The number of carbonyl (C=O) groups excluding carboxylic acids is 1. The number of carbonyl (C=O) groups is 1. The molecule has 0 unspecified atom stereocenters. The summed E-state index contributed by atoms with van der Waals surface area (Å²) < 4.78 is 7.63. The number of thioether (sulfide) groups is 1. The van der Waals surface area contributed by atoms with Crippen LogP contribution in [0.3, 0.4) is 0 Å². The zero-order valence-corrected chi connectivity index (χ0v) is 22.6. The molecule has 0 aliphatic carbocycles. The number of anilines is 1. The normalized spacial score (nSPS) is 14.7. The average Bonchev–Trinajstić information content (AvgIpc) is 3.07. The number of amides is 1. The molecule has 0 saturated carbocycles. The fourth-order valence-corrected chi connectivity index (χ4v) is 6.09. The fourth-order valence-electron chi connectivity index (χ4n) is 3.15. The molecule has 172 valence electrons. The van der Waals surface area contributed by atoms with Gasteiger partial charge in [0, 0.05) is 22.7 Å². The van der Waals surface area contributed by atoms with Crippen LogP contribution in [0, 0.1) is 10.1 Å². The van der Waals surface area contributed by atoms with Gasteiger partial charge in [0.25, 0.3) is 11.6 Å². The molecule has 1 aliphatic rings. The lowest BCUT2D eigenvalue weighted by Crippen LogP contribution is -2.27. The number of halogens is 3. The molecule has 0 bridgehead atoms. The number of hydrogen-bond donors (Lipinski definition) is 0. The van der Waals surface area contributed by atoms with Crippen molar-refractivity contribution in [2.24, 2.45) is 0 Å². The molecule has 11 heteroatoms. The molecule has 1 aliphatic heterocycles. The van der Waals surface area contributed by atoms with Gasteiger partial charge in [-0.3, -0.25) is 19.8 Å². The van der Waals surface area contributed by atoms with E-state index in [-0.39, 0.29) is 18.2 Å². The SMILES string of the molecule is O=C1/C(=C/c2cc(Br)c(OCc3ccccc3Cl)c(Br)c2)SC(=S)N1c1cccc([N+](=O)[O-])c1. The number of nitrogens with zero attached hydrogens (tertiary/aromatic N) is 2. The third-order valence-electron chi connectivity index (χ3n) is 4.74. The summed E-state index contributed by atoms with van der Waals surface area (Å²) in [5.74, 6) is 0.253. The third kappa shape index (κ3) is 5.36. The van der Waals surface area contributed by atoms with Crippen LogP contribution in [0.2, 0.25) is 5.02 Å². The van der Waals surface area contributed by atoms with Crippen LogP contribution in [0.25, 0.3) is 6.08 Å². The minimum atomic E-state index is -0.512. The lowest BCUT2D eigenvalue weighted by Gasteiger charge is -2.14. The Balaban J connectivity index is 1.56. The minimum absolute atomic E-state index is 0.115. The quantitative estimate of drug-likeness (QED) is 0.119. The highest BCUT2D eigenvalue weighted by Gasteiger charge is 2.34. The second-order valence-corrected chi connectivity index (χ2v) is 10.8. The molecule has 1 fully saturated rings. The van der Waals surface area contributed by atoms with Crippen molar-refractivity contribution in [3.63, 3.8) is 0 Å². The number of nitro benzene ring substituents is 1. The van der Waals surface area contributed by atoms with Crippen LogP contribution in [0.5, 0.6) is 5.75 Å². The van der Waals surface area contributed by atoms with Gasteiger partial charge >= 0.3 is 0 Å². The lowest BCUT2D eigenvalue weighted by molar-refractivity contribution is -0.384. The summed E-state index contributed by atoms with van der Waals surface area (Å²) in [7, 11) is 0. The van der Waals surface area contributed by atoms with Crippen molar-refractivity contribution in [1.82, 2.24) is 0 Å². The van der Waals surface area contributed by atoms with Crippen LogP contribution in [0.1, 0.15) is 11.1 Å². The van der Waals surface area contributed by atoms with E-state index in [1.807, 2.05) is 30.3 Å². The second kappa shape index (κ2) is 10.6. The molecule has 0 spiro atoms. The first kappa shape index (κ1) is 24.9. The van der Waals surface area contributed by atoms with E-state index in [0.717, 1.165) is 22.9 Å². The lowest BCUT2D eigenvalue weighted by atomic mass is 10.2. The molecule has 0 aromatic heterocycles. The number of rotatable bonds is 6. The second-order valence-electron chi connectivity index (χ2n) is 6.99. The van der Waals surface area contributed by atoms with Crippen LogP contribution in [-0.2, 0) is 11.4 Å². The molecule has 4 rings (SSSR count). The Kier molecular flexibility index (Phi) is 7.73. The number of nitro groups is 1. The third-order valence-corrected chi connectivity index (χ3v) is 7.59. The molecule has 34 heavy (non-hydrogen) atoms. The van der Waals surface area contributed by atoms with E-state index in [0.29, 0.717) is 34.6 Å². The van der Waals surface area contributed by atoms with E-state index in [2.05, 4.69) is 31.9 Å². The monoisotopic (exact) mass is 638 g/mol. The summed E-state index contributed by atoms with van der Waals surface area (Å²) in [4.78, 5) is 25.3. The molecule has 1 amide bonds. The van der Waals surface area contributed by atoms with E-state index in [1.54, 1.807) is 18.2 Å². The summed E-state index contributed by atoms with van der Waals surface area (Å²) in [5.41, 5.74) is 1.84. The van der Waals surface area contributed by atoms with Crippen molar-refractivity contribution in [2.75, 3.05) is 4.90 Å². The molecule has 3 aromatic rings. The Labute approximate surface area is 226 Å². The predicted molar refractivity (Wildman–Crippen MR) is 146 cm³/mol. The van der Waals surface area contributed by atoms with E-state index in [9.17, 15) is 14.9 Å². The van der Waals surface area contributed by atoms with Gasteiger partial charge in [-0.1, -0.05) is 59.8 Å². The Bertz CT molecular complexity index is 1340. The van der Waals surface area contributed by atoms with Crippen molar-refractivity contribution < 1.29 is 14.5 Å². The Morgan fingerprint density at radius 2 is 1.82 bits per heavy atom. The van der Waals surface area contributed by atoms with Gasteiger partial charge in [0.15, 0.2) is 4.32 Å². The minimum Gasteiger partial charge on any atom is -0.486 e. The fraction of sp³-hybridized carbons (Fsp3) is 0.0435. The molecular formula is C23H13Br2ClN2O4S2. The molecule has 0 N–H and O–H groups in total. The van der Waals surface area contributed by atoms with Gasteiger partial charge in [-0.2, -0.15) is 0 Å². The van der Waals surface area contributed by atoms with Gasteiger partial charge in [-0.25, -0.2) is 0 Å². The van der Waals surface area contributed by atoms with E-state index < -0.39 is 4.92 Å². The Morgan fingerprint density at radius 1 is 1.12 bits per heavy atom. The molecule has 1 saturated heterocycles. The zero-order valence-electron chi connectivity index (χ0n) is 17.0. The van der Waals surface area contributed by atoms with E-state index in [4.69, 9.17) is 28.6 Å². The number of ether oxygens (including phenoxy) is 1. The number of non-ortho nitro benzene ring substituents is 1. The maximum atomic E-state index is 13.0. The summed E-state index contributed by atoms with van der Waals surface area (Å²) in [6.45, 7) is 0.290. The first-order chi connectivity index (χ1) is 16.2. The van der Waals surface area contributed by atoms with Crippen molar-refractivity contribution >= 4 is 95.1 Å². The van der Waals surface area contributed by atoms with Gasteiger partial charge in [0.2, 0.25) is 0 Å².